The molecule has 2 aromatic carbocycles. The quantitative estimate of drug-likeness (QED) is 0.503. The van der Waals surface area contributed by atoms with Crippen molar-refractivity contribution in [1.82, 2.24) is 15.2 Å². The number of benzene rings is 2. The summed E-state index contributed by atoms with van der Waals surface area (Å²) in [6.45, 7) is 3.27. The van der Waals surface area contributed by atoms with E-state index >= 15 is 0 Å². The van der Waals surface area contributed by atoms with Gasteiger partial charge in [0.15, 0.2) is 0 Å². The Labute approximate surface area is 192 Å². The highest BCUT2D eigenvalue weighted by Gasteiger charge is 2.21. The van der Waals surface area contributed by atoms with Crippen LogP contribution in [-0.4, -0.2) is 49.1 Å². The van der Waals surface area contributed by atoms with Crippen LogP contribution in [0.1, 0.15) is 34.8 Å². The molecule has 0 radical (unpaired) electrons. The molecule has 1 aliphatic heterocycles. The number of ether oxygens (including phenoxy) is 1. The van der Waals surface area contributed by atoms with Gasteiger partial charge >= 0.3 is 0 Å². The van der Waals surface area contributed by atoms with Gasteiger partial charge in [-0.3, -0.25) is 4.79 Å². The summed E-state index contributed by atoms with van der Waals surface area (Å²) < 4.78 is 6.07. The molecule has 3 aromatic rings. The SMILES string of the molecule is CN1CCC(COCC(NC(=O)c2ccc3c(Cl)c[nH]c3c2)c2ccccc2Cl)CC1. The largest absolute Gasteiger partial charge is 0.379 e. The number of nitrogens with zero attached hydrogens (tertiary/aromatic N) is 1. The van der Waals surface area contributed by atoms with E-state index in [1.807, 2.05) is 30.3 Å². The van der Waals surface area contributed by atoms with E-state index in [0.29, 0.717) is 34.7 Å². The minimum atomic E-state index is -0.338. The van der Waals surface area contributed by atoms with E-state index in [9.17, 15) is 4.79 Å². The van der Waals surface area contributed by atoms with Crippen LogP contribution in [0.25, 0.3) is 10.9 Å². The van der Waals surface area contributed by atoms with Crippen LogP contribution in [0.2, 0.25) is 10.0 Å². The monoisotopic (exact) mass is 459 g/mol. The molecule has 1 aliphatic rings. The summed E-state index contributed by atoms with van der Waals surface area (Å²) in [4.78, 5) is 18.5. The highest BCUT2D eigenvalue weighted by Crippen LogP contribution is 2.26. The fourth-order valence-electron chi connectivity index (χ4n) is 4.02. The first-order valence-corrected chi connectivity index (χ1v) is 11.3. The first-order valence-electron chi connectivity index (χ1n) is 10.6. The lowest BCUT2D eigenvalue weighted by Gasteiger charge is -2.29. The summed E-state index contributed by atoms with van der Waals surface area (Å²) in [5.41, 5.74) is 2.23. The standard InChI is InChI=1S/C24H27Cl2N3O2/c1-29-10-8-16(9-11-29)14-31-15-23(18-4-2-3-5-20(18)25)28-24(30)17-6-7-19-21(26)13-27-22(19)12-17/h2-7,12-13,16,23,27H,8-11,14-15H2,1H3,(H,28,30). The summed E-state index contributed by atoms with van der Waals surface area (Å²) in [5.74, 6) is 0.374. The predicted octanol–water partition coefficient (Wildman–Crippen LogP) is 5.30. The number of carbonyl (C=O) groups excluding carboxylic acids is 1. The summed E-state index contributed by atoms with van der Waals surface area (Å²) in [6.07, 6.45) is 3.99. The van der Waals surface area contributed by atoms with E-state index in [4.69, 9.17) is 27.9 Å². The molecule has 0 saturated carbocycles. The van der Waals surface area contributed by atoms with Gasteiger partial charge in [0.25, 0.3) is 5.91 Å². The van der Waals surface area contributed by atoms with Gasteiger partial charge in [-0.1, -0.05) is 47.5 Å². The van der Waals surface area contributed by atoms with Gasteiger partial charge in [0.05, 0.1) is 17.7 Å². The van der Waals surface area contributed by atoms with Crippen molar-refractivity contribution in [3.05, 3.63) is 69.8 Å². The maximum atomic E-state index is 13.0. The van der Waals surface area contributed by atoms with Crippen molar-refractivity contribution in [3.63, 3.8) is 0 Å². The fourth-order valence-corrected chi connectivity index (χ4v) is 4.51. The number of likely N-dealkylation sites (tertiary alicyclic amines) is 1. The van der Waals surface area contributed by atoms with Crippen LogP contribution in [-0.2, 0) is 4.74 Å². The molecule has 31 heavy (non-hydrogen) atoms. The van der Waals surface area contributed by atoms with Crippen molar-refractivity contribution in [2.75, 3.05) is 33.4 Å². The van der Waals surface area contributed by atoms with Crippen LogP contribution in [0.15, 0.2) is 48.7 Å². The van der Waals surface area contributed by atoms with Crippen LogP contribution >= 0.6 is 23.2 Å². The third-order valence-electron chi connectivity index (χ3n) is 5.96. The van der Waals surface area contributed by atoms with Gasteiger partial charge in [0.1, 0.15) is 0 Å². The number of aromatic nitrogens is 1. The topological polar surface area (TPSA) is 57.4 Å². The molecule has 1 amide bonds. The highest BCUT2D eigenvalue weighted by molar-refractivity contribution is 6.35. The van der Waals surface area contributed by atoms with Gasteiger partial charge < -0.3 is 19.9 Å². The smallest absolute Gasteiger partial charge is 0.251 e. The Morgan fingerprint density at radius 1 is 1.19 bits per heavy atom. The van der Waals surface area contributed by atoms with Gasteiger partial charge in [-0.15, -0.1) is 0 Å². The maximum absolute atomic E-state index is 13.0. The molecule has 2 N–H and O–H groups in total. The lowest BCUT2D eigenvalue weighted by atomic mass is 9.98. The highest BCUT2D eigenvalue weighted by atomic mass is 35.5. The average Bonchev–Trinajstić information content (AvgIpc) is 3.15. The number of hydrogen-bond donors (Lipinski definition) is 2. The minimum absolute atomic E-state index is 0.180. The zero-order valence-electron chi connectivity index (χ0n) is 17.5. The Kier molecular flexibility index (Phi) is 7.18. The number of carbonyl (C=O) groups is 1. The molecule has 164 valence electrons. The average molecular weight is 460 g/mol. The second kappa shape index (κ2) is 10.0. The summed E-state index contributed by atoms with van der Waals surface area (Å²) in [7, 11) is 2.15. The van der Waals surface area contributed by atoms with Crippen LogP contribution in [0.4, 0.5) is 0 Å². The Bertz CT molecular complexity index is 1040. The van der Waals surface area contributed by atoms with Gasteiger partial charge in [0.2, 0.25) is 0 Å². The molecule has 1 unspecified atom stereocenters. The van der Waals surface area contributed by atoms with Gasteiger partial charge in [-0.05, 0) is 62.7 Å². The molecule has 1 fully saturated rings. The Morgan fingerprint density at radius 2 is 1.97 bits per heavy atom. The van der Waals surface area contributed by atoms with Crippen molar-refractivity contribution in [2.45, 2.75) is 18.9 Å². The molecule has 0 spiro atoms. The first kappa shape index (κ1) is 22.2. The van der Waals surface area contributed by atoms with Crippen LogP contribution < -0.4 is 5.32 Å². The van der Waals surface area contributed by atoms with Crippen LogP contribution in [0.5, 0.6) is 0 Å². The molecule has 2 heterocycles. The van der Waals surface area contributed by atoms with Crippen molar-refractivity contribution in [2.24, 2.45) is 5.92 Å². The Balaban J connectivity index is 1.45. The Morgan fingerprint density at radius 3 is 2.74 bits per heavy atom. The summed E-state index contributed by atoms with van der Waals surface area (Å²) in [5, 5.41) is 5.24. The number of aromatic amines is 1. The lowest BCUT2D eigenvalue weighted by molar-refractivity contribution is 0.0558. The maximum Gasteiger partial charge on any atom is 0.251 e. The fraction of sp³-hybridized carbons (Fsp3) is 0.375. The minimum Gasteiger partial charge on any atom is -0.379 e. The number of fused-ring (bicyclic) bond motifs is 1. The second-order valence-electron chi connectivity index (χ2n) is 8.23. The molecule has 7 heteroatoms. The molecule has 1 saturated heterocycles. The molecular weight excluding hydrogens is 433 g/mol. The number of piperidine rings is 1. The van der Waals surface area contributed by atoms with Crippen LogP contribution in [0, 0.1) is 5.92 Å². The molecular formula is C24H27Cl2N3O2. The van der Waals surface area contributed by atoms with E-state index < -0.39 is 0 Å². The lowest BCUT2D eigenvalue weighted by Crippen LogP contribution is -2.34. The predicted molar refractivity (Wildman–Crippen MR) is 126 cm³/mol. The molecule has 4 rings (SSSR count). The molecule has 1 aromatic heterocycles. The number of H-pyrrole nitrogens is 1. The first-order chi connectivity index (χ1) is 15.0. The second-order valence-corrected chi connectivity index (χ2v) is 9.04. The van der Waals surface area contributed by atoms with Crippen molar-refractivity contribution < 1.29 is 9.53 Å². The van der Waals surface area contributed by atoms with E-state index in [1.165, 1.54) is 0 Å². The van der Waals surface area contributed by atoms with E-state index in [0.717, 1.165) is 42.4 Å². The van der Waals surface area contributed by atoms with Crippen LogP contribution in [0.3, 0.4) is 0 Å². The zero-order valence-corrected chi connectivity index (χ0v) is 19.0. The number of amides is 1. The molecule has 0 aliphatic carbocycles. The number of hydrogen-bond acceptors (Lipinski definition) is 3. The number of rotatable bonds is 7. The van der Waals surface area contributed by atoms with Gasteiger partial charge in [-0.25, -0.2) is 0 Å². The summed E-state index contributed by atoms with van der Waals surface area (Å²) in [6, 6.07) is 12.7. The third kappa shape index (κ3) is 5.42. The summed E-state index contributed by atoms with van der Waals surface area (Å²) >= 11 is 12.6. The Hall–Kier alpha value is -2.05. The molecule has 1 atom stereocenters. The normalized spacial score (nSPS) is 16.5. The zero-order chi connectivity index (χ0) is 21.8. The van der Waals surface area contributed by atoms with Crippen molar-refractivity contribution in [3.8, 4) is 0 Å². The van der Waals surface area contributed by atoms with E-state index in [2.05, 4.69) is 22.2 Å². The third-order valence-corrected chi connectivity index (χ3v) is 6.61. The molecule has 0 bridgehead atoms. The van der Waals surface area contributed by atoms with Crippen molar-refractivity contribution >= 4 is 40.0 Å². The molecule has 5 nitrogen and oxygen atoms in total. The van der Waals surface area contributed by atoms with E-state index in [1.54, 1.807) is 18.3 Å². The number of halogens is 2. The van der Waals surface area contributed by atoms with E-state index in [-0.39, 0.29) is 11.9 Å². The van der Waals surface area contributed by atoms with Gasteiger partial charge in [0, 0.05) is 34.3 Å². The number of nitrogens with one attached hydrogen (secondary N) is 2. The van der Waals surface area contributed by atoms with Gasteiger partial charge in [-0.2, -0.15) is 0 Å². The van der Waals surface area contributed by atoms with Crippen molar-refractivity contribution in [1.29, 1.82) is 0 Å².